The van der Waals surface area contributed by atoms with Crippen molar-refractivity contribution in [1.29, 1.82) is 0 Å². The molecule has 0 saturated carbocycles. The van der Waals surface area contributed by atoms with Crippen LogP contribution in [0, 0.1) is 0 Å². The second-order valence-corrected chi connectivity index (χ2v) is 12.2. The second kappa shape index (κ2) is 13.3. The summed E-state index contributed by atoms with van der Waals surface area (Å²) in [6, 6.07) is 26.6. The van der Waals surface area contributed by atoms with Crippen LogP contribution in [0.2, 0.25) is 0 Å². The summed E-state index contributed by atoms with van der Waals surface area (Å²) in [5.74, 6) is 0.801. The Kier molecular flexibility index (Phi) is 9.36. The third kappa shape index (κ3) is 7.96. The normalized spacial score (nSPS) is 16.8. The number of nitrogens with zero attached hydrogens (tertiary/aromatic N) is 4. The number of hydrogen-bond donors (Lipinski definition) is 0. The van der Waals surface area contributed by atoms with E-state index in [9.17, 15) is 9.59 Å². The van der Waals surface area contributed by atoms with E-state index in [1.165, 1.54) is 5.56 Å². The van der Waals surface area contributed by atoms with E-state index in [0.29, 0.717) is 48.8 Å². The van der Waals surface area contributed by atoms with Crippen LogP contribution in [0.15, 0.2) is 89.5 Å². The Bertz CT molecular complexity index is 1500. The minimum Gasteiger partial charge on any atom is -0.371 e. The molecule has 5 rings (SSSR count). The first-order valence-electron chi connectivity index (χ1n) is 14.9. The molecule has 0 bridgehead atoms. The Hall–Kier alpha value is -4.30. The summed E-state index contributed by atoms with van der Waals surface area (Å²) in [4.78, 5) is 35.0. The van der Waals surface area contributed by atoms with Crippen LogP contribution in [0.25, 0.3) is 0 Å². The molecule has 1 fully saturated rings. The summed E-state index contributed by atoms with van der Waals surface area (Å²) < 4.78 is 12.0. The van der Waals surface area contributed by atoms with Gasteiger partial charge in [-0.1, -0.05) is 65.8 Å². The highest BCUT2D eigenvalue weighted by molar-refractivity contribution is 5.98. The Balaban J connectivity index is 1.27. The fraction of sp³-hybridized carbons (Fsp3) is 0.371. The minimum atomic E-state index is -0.395. The molecule has 3 aromatic carbocycles. The molecule has 1 aliphatic heterocycles. The van der Waals surface area contributed by atoms with Gasteiger partial charge in [0, 0.05) is 44.1 Å². The van der Waals surface area contributed by atoms with Crippen LogP contribution in [0.5, 0.6) is 0 Å². The van der Waals surface area contributed by atoms with E-state index >= 15 is 0 Å². The quantitative estimate of drug-likeness (QED) is 0.219. The van der Waals surface area contributed by atoms with Crippen LogP contribution in [-0.4, -0.2) is 57.1 Å². The zero-order chi connectivity index (χ0) is 30.4. The number of ether oxygens (including phenoxy) is 1. The molecule has 8 nitrogen and oxygen atoms in total. The van der Waals surface area contributed by atoms with Gasteiger partial charge in [0.25, 0.3) is 11.8 Å². The highest BCUT2D eigenvalue weighted by atomic mass is 16.5. The molecule has 2 atom stereocenters. The van der Waals surface area contributed by atoms with E-state index in [2.05, 4.69) is 17.3 Å². The molecule has 2 heterocycles. The summed E-state index contributed by atoms with van der Waals surface area (Å²) in [6.07, 6.45) is 2.92. The smallest absolute Gasteiger partial charge is 0.254 e. The van der Waals surface area contributed by atoms with E-state index in [0.717, 1.165) is 18.4 Å². The average Bonchev–Trinajstić information content (AvgIpc) is 3.64. The molecule has 1 saturated heterocycles. The van der Waals surface area contributed by atoms with Crippen molar-refractivity contribution in [2.75, 3.05) is 13.6 Å². The fourth-order valence-corrected chi connectivity index (χ4v) is 5.51. The Morgan fingerprint density at radius 2 is 1.53 bits per heavy atom. The Morgan fingerprint density at radius 3 is 2.19 bits per heavy atom. The molecule has 0 unspecified atom stereocenters. The maximum absolute atomic E-state index is 13.8. The molecule has 224 valence electrons. The predicted molar refractivity (Wildman–Crippen MR) is 164 cm³/mol. The number of carbonyl (C=O) groups excluding carboxylic acids is 2. The standard InChI is InChI=1S/C35H40N4O4/c1-35(2,3)42-29-22-30(32-36-31(37-43-32)17-11-16-25-12-7-5-8-13-25)39(24-29)34(41)28-20-18-27(19-21-28)33(40)38(4)23-26-14-9-6-10-15-26/h5-10,12-15,18-21,29-30H,11,16-17,22-24H2,1-4H3/t29-,30+/m1/s1. The predicted octanol–water partition coefficient (Wildman–Crippen LogP) is 6.29. The van der Waals surface area contributed by atoms with E-state index in [4.69, 9.17) is 14.2 Å². The molecule has 2 amide bonds. The van der Waals surface area contributed by atoms with Gasteiger partial charge in [-0.05, 0) is 69.0 Å². The number of aromatic nitrogens is 2. The minimum absolute atomic E-state index is 0.105. The van der Waals surface area contributed by atoms with E-state index < -0.39 is 6.04 Å². The molecule has 0 radical (unpaired) electrons. The fourth-order valence-electron chi connectivity index (χ4n) is 5.51. The van der Waals surface area contributed by atoms with Crippen molar-refractivity contribution in [3.05, 3.63) is 119 Å². The summed E-state index contributed by atoms with van der Waals surface area (Å²) >= 11 is 0. The van der Waals surface area contributed by atoms with E-state index in [-0.39, 0.29) is 23.5 Å². The summed E-state index contributed by atoms with van der Waals surface area (Å²) in [5, 5.41) is 4.23. The van der Waals surface area contributed by atoms with Gasteiger partial charge in [-0.2, -0.15) is 4.98 Å². The van der Waals surface area contributed by atoms with Crippen LogP contribution in [-0.2, 0) is 24.1 Å². The third-order valence-electron chi connectivity index (χ3n) is 7.51. The molecular weight excluding hydrogens is 540 g/mol. The van der Waals surface area contributed by atoms with Gasteiger partial charge in [0.1, 0.15) is 6.04 Å². The first-order valence-corrected chi connectivity index (χ1v) is 14.9. The number of likely N-dealkylation sites (tertiary alicyclic amines) is 1. The van der Waals surface area contributed by atoms with Crippen molar-refractivity contribution >= 4 is 11.8 Å². The van der Waals surface area contributed by atoms with Crippen LogP contribution in [0.4, 0.5) is 0 Å². The first-order chi connectivity index (χ1) is 20.7. The van der Waals surface area contributed by atoms with Gasteiger partial charge in [0.15, 0.2) is 5.82 Å². The number of carbonyl (C=O) groups is 2. The number of rotatable bonds is 10. The molecule has 4 aromatic rings. The zero-order valence-corrected chi connectivity index (χ0v) is 25.4. The lowest BCUT2D eigenvalue weighted by Crippen LogP contribution is -2.34. The topological polar surface area (TPSA) is 88.8 Å². The van der Waals surface area contributed by atoms with Crippen molar-refractivity contribution in [1.82, 2.24) is 19.9 Å². The van der Waals surface area contributed by atoms with Crippen molar-refractivity contribution in [2.45, 2.75) is 70.7 Å². The lowest BCUT2D eigenvalue weighted by molar-refractivity contribution is -0.0535. The first kappa shape index (κ1) is 30.2. The summed E-state index contributed by atoms with van der Waals surface area (Å²) in [7, 11) is 1.78. The van der Waals surface area contributed by atoms with Crippen molar-refractivity contribution < 1.29 is 18.8 Å². The molecule has 0 N–H and O–H groups in total. The van der Waals surface area contributed by atoms with Gasteiger partial charge in [0.2, 0.25) is 5.89 Å². The maximum Gasteiger partial charge on any atom is 0.254 e. The molecule has 43 heavy (non-hydrogen) atoms. The monoisotopic (exact) mass is 580 g/mol. The Morgan fingerprint density at radius 1 is 0.907 bits per heavy atom. The van der Waals surface area contributed by atoms with Crippen molar-refractivity contribution in [3.8, 4) is 0 Å². The third-order valence-corrected chi connectivity index (χ3v) is 7.51. The van der Waals surface area contributed by atoms with Crippen LogP contribution in [0.1, 0.15) is 83.2 Å². The highest BCUT2D eigenvalue weighted by Crippen LogP contribution is 2.35. The molecule has 0 aliphatic carbocycles. The van der Waals surface area contributed by atoms with Gasteiger partial charge in [0.05, 0.1) is 11.7 Å². The van der Waals surface area contributed by atoms with E-state index in [1.54, 1.807) is 41.1 Å². The number of benzene rings is 3. The molecule has 8 heteroatoms. The molecule has 1 aromatic heterocycles. The lowest BCUT2D eigenvalue weighted by Gasteiger charge is -2.25. The second-order valence-electron chi connectivity index (χ2n) is 12.2. The van der Waals surface area contributed by atoms with Crippen LogP contribution < -0.4 is 0 Å². The summed E-state index contributed by atoms with van der Waals surface area (Å²) in [6.45, 7) is 6.94. The van der Waals surface area contributed by atoms with Gasteiger partial charge in [-0.3, -0.25) is 9.59 Å². The van der Waals surface area contributed by atoms with Crippen LogP contribution in [0.3, 0.4) is 0 Å². The SMILES string of the molecule is CN(Cc1ccccc1)C(=O)c1ccc(C(=O)N2C[C@H](OC(C)(C)C)C[C@H]2c2nc(CCCc3ccccc3)no2)cc1. The van der Waals surface area contributed by atoms with E-state index in [1.807, 2.05) is 69.3 Å². The van der Waals surface area contributed by atoms with Crippen molar-refractivity contribution in [3.63, 3.8) is 0 Å². The van der Waals surface area contributed by atoms with Gasteiger partial charge in [-0.25, -0.2) is 0 Å². The van der Waals surface area contributed by atoms with Crippen LogP contribution >= 0.6 is 0 Å². The average molecular weight is 581 g/mol. The number of aryl methyl sites for hydroxylation is 2. The zero-order valence-electron chi connectivity index (χ0n) is 25.4. The Labute approximate surface area is 253 Å². The molecule has 1 aliphatic rings. The molecule has 0 spiro atoms. The number of hydrogen-bond acceptors (Lipinski definition) is 6. The van der Waals surface area contributed by atoms with Gasteiger partial charge < -0.3 is 19.1 Å². The summed E-state index contributed by atoms with van der Waals surface area (Å²) in [5.41, 5.74) is 2.99. The molecular formula is C35H40N4O4. The lowest BCUT2D eigenvalue weighted by atomic mass is 10.1. The number of amides is 2. The van der Waals surface area contributed by atoms with Crippen molar-refractivity contribution in [2.24, 2.45) is 0 Å². The van der Waals surface area contributed by atoms with Gasteiger partial charge in [-0.15, -0.1) is 0 Å². The maximum atomic E-state index is 13.8. The van der Waals surface area contributed by atoms with Gasteiger partial charge >= 0.3 is 0 Å². The highest BCUT2D eigenvalue weighted by Gasteiger charge is 2.41. The largest absolute Gasteiger partial charge is 0.371 e.